The third-order valence-corrected chi connectivity index (χ3v) is 5.84. The predicted octanol–water partition coefficient (Wildman–Crippen LogP) is 4.77. The van der Waals surface area contributed by atoms with Crippen LogP contribution < -0.4 is 4.74 Å². The van der Waals surface area contributed by atoms with Gasteiger partial charge in [0, 0.05) is 30.2 Å². The molecule has 1 aliphatic heterocycles. The molecule has 1 aliphatic rings. The van der Waals surface area contributed by atoms with Crippen LogP contribution in [0.25, 0.3) is 11.3 Å². The van der Waals surface area contributed by atoms with Gasteiger partial charge in [0.15, 0.2) is 0 Å². The van der Waals surface area contributed by atoms with Crippen molar-refractivity contribution in [1.82, 2.24) is 15.1 Å². The van der Waals surface area contributed by atoms with Crippen molar-refractivity contribution in [2.24, 2.45) is 0 Å². The maximum absolute atomic E-state index is 9.62. The lowest BCUT2D eigenvalue weighted by Crippen LogP contribution is -2.35. The van der Waals surface area contributed by atoms with E-state index in [1.165, 1.54) is 5.56 Å². The third-order valence-electron chi connectivity index (χ3n) is 5.59. The summed E-state index contributed by atoms with van der Waals surface area (Å²) in [4.78, 5) is 2.39. The smallest absolute Gasteiger partial charge is 0.119 e. The lowest BCUT2D eigenvalue weighted by atomic mass is 10.1. The van der Waals surface area contributed by atoms with E-state index in [0.717, 1.165) is 68.0 Å². The Labute approximate surface area is 188 Å². The zero-order valence-corrected chi connectivity index (χ0v) is 18.3. The molecule has 4 rings (SSSR count). The molecule has 1 fully saturated rings. The second-order valence-corrected chi connectivity index (χ2v) is 8.46. The summed E-state index contributed by atoms with van der Waals surface area (Å²) < 4.78 is 5.88. The Morgan fingerprint density at radius 1 is 0.935 bits per heavy atom. The number of aliphatic hydroxyl groups is 1. The van der Waals surface area contributed by atoms with Gasteiger partial charge in [0.25, 0.3) is 0 Å². The van der Waals surface area contributed by atoms with Crippen LogP contribution in [0.1, 0.15) is 30.5 Å². The van der Waals surface area contributed by atoms with E-state index in [4.69, 9.17) is 16.3 Å². The van der Waals surface area contributed by atoms with Gasteiger partial charge in [0.2, 0.25) is 0 Å². The Kier molecular flexibility index (Phi) is 7.52. The summed E-state index contributed by atoms with van der Waals surface area (Å²) in [5.74, 6) is 0.891. The Hall–Kier alpha value is -2.47. The third kappa shape index (κ3) is 6.50. The number of hydrogen-bond acceptors (Lipinski definition) is 5. The Morgan fingerprint density at radius 3 is 2.35 bits per heavy atom. The topological polar surface area (TPSA) is 58.5 Å². The van der Waals surface area contributed by atoms with Gasteiger partial charge in [-0.25, -0.2) is 0 Å². The van der Waals surface area contributed by atoms with Crippen LogP contribution in [0, 0.1) is 0 Å². The van der Waals surface area contributed by atoms with E-state index in [1.54, 1.807) is 0 Å². The number of hydrogen-bond donors (Lipinski definition) is 1. The summed E-state index contributed by atoms with van der Waals surface area (Å²) in [6.45, 7) is 3.49. The van der Waals surface area contributed by atoms with Crippen molar-refractivity contribution in [2.45, 2.75) is 38.3 Å². The van der Waals surface area contributed by atoms with Gasteiger partial charge in [-0.3, -0.25) is 4.90 Å². The molecule has 0 atom stereocenters. The maximum atomic E-state index is 9.62. The predicted molar refractivity (Wildman–Crippen MR) is 123 cm³/mol. The average molecular weight is 438 g/mol. The van der Waals surface area contributed by atoms with Crippen molar-refractivity contribution in [3.8, 4) is 17.0 Å². The van der Waals surface area contributed by atoms with Crippen LogP contribution in [0.15, 0.2) is 60.7 Å². The highest BCUT2D eigenvalue weighted by atomic mass is 35.5. The molecule has 0 unspecified atom stereocenters. The van der Waals surface area contributed by atoms with Gasteiger partial charge >= 0.3 is 0 Å². The average Bonchev–Trinajstić information content (AvgIpc) is 2.80. The molecular weight excluding hydrogens is 410 g/mol. The fourth-order valence-electron chi connectivity index (χ4n) is 3.74. The Morgan fingerprint density at radius 2 is 1.68 bits per heavy atom. The first kappa shape index (κ1) is 21.8. The first-order valence-electron chi connectivity index (χ1n) is 10.9. The number of benzene rings is 2. The molecule has 0 saturated carbocycles. The summed E-state index contributed by atoms with van der Waals surface area (Å²) in [6.07, 6.45) is 3.32. The van der Waals surface area contributed by atoms with Gasteiger partial charge in [-0.1, -0.05) is 35.9 Å². The number of rotatable bonds is 8. The van der Waals surface area contributed by atoms with Crippen LogP contribution in [-0.2, 0) is 13.0 Å². The van der Waals surface area contributed by atoms with Crippen LogP contribution in [-0.4, -0.2) is 46.0 Å². The van der Waals surface area contributed by atoms with Crippen LogP contribution in [0.4, 0.5) is 0 Å². The number of aromatic nitrogens is 2. The number of halogens is 1. The van der Waals surface area contributed by atoms with E-state index < -0.39 is 0 Å². The first-order chi connectivity index (χ1) is 15.2. The van der Waals surface area contributed by atoms with Gasteiger partial charge in [-0.15, -0.1) is 0 Å². The van der Waals surface area contributed by atoms with Crippen molar-refractivity contribution >= 4 is 11.6 Å². The number of aryl methyl sites for hydroxylation is 1. The second-order valence-electron chi connectivity index (χ2n) is 8.02. The summed E-state index contributed by atoms with van der Waals surface area (Å²) in [6, 6.07) is 19.9. The van der Waals surface area contributed by atoms with Gasteiger partial charge in [0.05, 0.1) is 24.1 Å². The lowest BCUT2D eigenvalue weighted by molar-refractivity contribution is 0.0792. The van der Waals surface area contributed by atoms with Gasteiger partial charge < -0.3 is 9.84 Å². The standard InChI is InChI=1S/C25H28ClN3O2/c26-21-7-5-20(6-8-21)25-12-9-22(27-28-25)2-1-17-31-24-10-3-19(4-11-24)18-29-15-13-23(30)14-16-29/h3-12,23,30H,1-2,13-18H2. The van der Waals surface area contributed by atoms with Crippen molar-refractivity contribution in [3.05, 3.63) is 76.9 Å². The number of piperidine rings is 1. The molecule has 162 valence electrons. The minimum absolute atomic E-state index is 0.126. The van der Waals surface area contributed by atoms with Crippen molar-refractivity contribution < 1.29 is 9.84 Å². The molecule has 0 aliphatic carbocycles. The van der Waals surface area contributed by atoms with Crippen LogP contribution in [0.2, 0.25) is 5.02 Å². The molecule has 2 aromatic carbocycles. The fourth-order valence-corrected chi connectivity index (χ4v) is 3.86. The minimum Gasteiger partial charge on any atom is -0.494 e. The normalized spacial score (nSPS) is 15.2. The molecular formula is C25H28ClN3O2. The summed E-state index contributed by atoms with van der Waals surface area (Å²) in [7, 11) is 0. The molecule has 2 heterocycles. The summed E-state index contributed by atoms with van der Waals surface area (Å²) in [5, 5.41) is 19.0. The highest BCUT2D eigenvalue weighted by Gasteiger charge is 2.16. The second kappa shape index (κ2) is 10.7. The van der Waals surface area contributed by atoms with Crippen molar-refractivity contribution in [2.75, 3.05) is 19.7 Å². The molecule has 0 radical (unpaired) electrons. The molecule has 3 aromatic rings. The molecule has 1 aromatic heterocycles. The number of nitrogens with zero attached hydrogens (tertiary/aromatic N) is 3. The Bertz CT molecular complexity index is 938. The van der Waals surface area contributed by atoms with Crippen LogP contribution >= 0.6 is 11.6 Å². The molecule has 1 N–H and O–H groups in total. The van der Waals surface area contributed by atoms with E-state index in [2.05, 4.69) is 27.2 Å². The fraction of sp³-hybridized carbons (Fsp3) is 0.360. The number of ether oxygens (including phenoxy) is 1. The zero-order chi connectivity index (χ0) is 21.5. The van der Waals surface area contributed by atoms with Gasteiger partial charge in [0.1, 0.15) is 5.75 Å². The minimum atomic E-state index is -0.126. The molecule has 5 nitrogen and oxygen atoms in total. The molecule has 0 bridgehead atoms. The van der Waals surface area contributed by atoms with E-state index in [9.17, 15) is 5.11 Å². The van der Waals surface area contributed by atoms with Crippen LogP contribution in [0.3, 0.4) is 0 Å². The van der Waals surface area contributed by atoms with Crippen LogP contribution in [0.5, 0.6) is 5.75 Å². The largest absolute Gasteiger partial charge is 0.494 e. The molecule has 31 heavy (non-hydrogen) atoms. The zero-order valence-electron chi connectivity index (χ0n) is 17.6. The lowest BCUT2D eigenvalue weighted by Gasteiger charge is -2.29. The van der Waals surface area contributed by atoms with E-state index >= 15 is 0 Å². The number of likely N-dealkylation sites (tertiary alicyclic amines) is 1. The van der Waals surface area contributed by atoms with Crippen molar-refractivity contribution in [3.63, 3.8) is 0 Å². The SMILES string of the molecule is OC1CCN(Cc2ccc(OCCCc3ccc(-c4ccc(Cl)cc4)nn3)cc2)CC1. The van der Waals surface area contributed by atoms with E-state index in [-0.39, 0.29) is 6.10 Å². The molecule has 0 amide bonds. The monoisotopic (exact) mass is 437 g/mol. The number of aliphatic hydroxyl groups excluding tert-OH is 1. The van der Waals surface area contributed by atoms with Gasteiger partial charge in [-0.05, 0) is 67.6 Å². The highest BCUT2D eigenvalue weighted by molar-refractivity contribution is 6.30. The highest BCUT2D eigenvalue weighted by Crippen LogP contribution is 2.20. The molecule has 6 heteroatoms. The first-order valence-corrected chi connectivity index (χ1v) is 11.2. The maximum Gasteiger partial charge on any atom is 0.119 e. The summed E-state index contributed by atoms with van der Waals surface area (Å²) >= 11 is 5.93. The van der Waals surface area contributed by atoms with E-state index in [1.807, 2.05) is 48.5 Å². The van der Waals surface area contributed by atoms with Crippen molar-refractivity contribution in [1.29, 1.82) is 0 Å². The van der Waals surface area contributed by atoms with Gasteiger partial charge in [-0.2, -0.15) is 10.2 Å². The Balaban J connectivity index is 1.18. The molecule has 1 saturated heterocycles. The quantitative estimate of drug-likeness (QED) is 0.514. The van der Waals surface area contributed by atoms with E-state index in [0.29, 0.717) is 11.6 Å². The molecule has 0 spiro atoms. The summed E-state index contributed by atoms with van der Waals surface area (Å²) in [5.41, 5.74) is 4.09.